The highest BCUT2D eigenvalue weighted by molar-refractivity contribution is 5.55. The number of rotatable bonds is 2. The van der Waals surface area contributed by atoms with Crippen LogP contribution >= 0.6 is 0 Å². The van der Waals surface area contributed by atoms with Crippen molar-refractivity contribution in [1.29, 1.82) is 0 Å². The van der Waals surface area contributed by atoms with Crippen LogP contribution in [-0.4, -0.2) is 30.2 Å². The first-order valence-corrected chi connectivity index (χ1v) is 6.93. The van der Waals surface area contributed by atoms with Crippen molar-refractivity contribution < 1.29 is 4.74 Å². The van der Waals surface area contributed by atoms with Crippen molar-refractivity contribution in [3.63, 3.8) is 0 Å². The molecule has 1 aliphatic heterocycles. The molecule has 2 atom stereocenters. The van der Waals surface area contributed by atoms with E-state index < -0.39 is 0 Å². The summed E-state index contributed by atoms with van der Waals surface area (Å²) in [6, 6.07) is 8.30. The van der Waals surface area contributed by atoms with Gasteiger partial charge in [-0.2, -0.15) is 0 Å². The maximum Gasteiger partial charge on any atom is 0.0726 e. The zero-order valence-corrected chi connectivity index (χ0v) is 12.1. The fraction of sp³-hybridized carbons (Fsp3) is 0.412. The molecule has 1 aromatic carbocycles. The number of benzene rings is 1. The molecular weight excluding hydrogens is 234 g/mol. The number of morpholine rings is 1. The minimum absolute atomic E-state index is 0.265. The quantitative estimate of drug-likeness (QED) is 0.802. The number of ether oxygens (including phenoxy) is 1. The van der Waals surface area contributed by atoms with Crippen molar-refractivity contribution in [2.24, 2.45) is 0 Å². The molecule has 0 amide bonds. The summed E-state index contributed by atoms with van der Waals surface area (Å²) in [4.78, 5) is 2.41. The molecule has 19 heavy (non-hydrogen) atoms. The molecule has 1 saturated heterocycles. The van der Waals surface area contributed by atoms with Gasteiger partial charge in [-0.05, 0) is 32.1 Å². The van der Waals surface area contributed by atoms with Gasteiger partial charge >= 0.3 is 0 Å². The smallest absolute Gasteiger partial charge is 0.0726 e. The predicted octanol–water partition coefficient (Wildman–Crippen LogP) is 1.89. The van der Waals surface area contributed by atoms with Crippen molar-refractivity contribution in [1.82, 2.24) is 4.90 Å². The third-order valence-corrected chi connectivity index (χ3v) is 3.38. The lowest BCUT2D eigenvalue weighted by molar-refractivity contribution is -0.0509. The molecule has 0 aromatic heterocycles. The average Bonchev–Trinajstić information content (AvgIpc) is 2.36. The number of allylic oxidation sites excluding steroid dienone is 1. The van der Waals surface area contributed by atoms with Gasteiger partial charge in [-0.15, -0.1) is 0 Å². The lowest BCUT2D eigenvalue weighted by Crippen LogP contribution is -2.46. The van der Waals surface area contributed by atoms with Crippen molar-refractivity contribution in [3.05, 3.63) is 46.9 Å². The molecule has 0 N–H and O–H groups in total. The van der Waals surface area contributed by atoms with E-state index in [2.05, 4.69) is 62.6 Å². The van der Waals surface area contributed by atoms with E-state index in [0.717, 1.165) is 18.3 Å². The third kappa shape index (κ3) is 3.27. The summed E-state index contributed by atoms with van der Waals surface area (Å²) in [6.07, 6.45) is 4.79. The van der Waals surface area contributed by atoms with Crippen LogP contribution in [-0.2, 0) is 4.74 Å². The monoisotopic (exact) mass is 257 g/mol. The van der Waals surface area contributed by atoms with Gasteiger partial charge in [-0.1, -0.05) is 36.9 Å². The van der Waals surface area contributed by atoms with E-state index >= 15 is 0 Å². The van der Waals surface area contributed by atoms with E-state index in [9.17, 15) is 0 Å². The van der Waals surface area contributed by atoms with E-state index in [0.29, 0.717) is 0 Å². The minimum atomic E-state index is 0.265. The zero-order chi connectivity index (χ0) is 13.8. The summed E-state index contributed by atoms with van der Waals surface area (Å²) in [7, 11) is 0. The summed E-state index contributed by atoms with van der Waals surface area (Å²) >= 11 is 0. The maximum atomic E-state index is 5.82. The molecule has 102 valence electrons. The van der Waals surface area contributed by atoms with E-state index in [1.165, 1.54) is 10.9 Å². The second kappa shape index (κ2) is 6.07. The Morgan fingerprint density at radius 3 is 2.47 bits per heavy atom. The second-order valence-electron chi connectivity index (χ2n) is 5.20. The molecule has 2 nitrogen and oxygen atoms in total. The van der Waals surface area contributed by atoms with E-state index in [1.54, 1.807) is 0 Å². The van der Waals surface area contributed by atoms with Crippen LogP contribution in [0.5, 0.6) is 0 Å². The number of hydrogen-bond acceptors (Lipinski definition) is 2. The van der Waals surface area contributed by atoms with Crippen LogP contribution in [0.1, 0.15) is 20.8 Å². The summed E-state index contributed by atoms with van der Waals surface area (Å²) < 4.78 is 5.82. The van der Waals surface area contributed by atoms with Gasteiger partial charge in [0, 0.05) is 24.0 Å². The molecule has 1 heterocycles. The highest BCUT2D eigenvalue weighted by Crippen LogP contribution is 2.16. The van der Waals surface area contributed by atoms with Crippen LogP contribution in [0.4, 0.5) is 0 Å². The first-order chi connectivity index (χ1) is 9.11. The summed E-state index contributed by atoms with van der Waals surface area (Å²) in [6.45, 7) is 12.3. The van der Waals surface area contributed by atoms with Gasteiger partial charge in [-0.3, -0.25) is 0 Å². The van der Waals surface area contributed by atoms with E-state index in [1.807, 2.05) is 6.07 Å². The topological polar surface area (TPSA) is 12.5 Å². The molecule has 2 heteroatoms. The molecule has 0 bridgehead atoms. The maximum absolute atomic E-state index is 5.82. The van der Waals surface area contributed by atoms with Crippen LogP contribution < -0.4 is 10.4 Å². The lowest BCUT2D eigenvalue weighted by Gasteiger charge is -2.37. The highest BCUT2D eigenvalue weighted by Gasteiger charge is 2.23. The predicted molar refractivity (Wildman–Crippen MR) is 81.0 cm³/mol. The average molecular weight is 257 g/mol. The Bertz CT molecular complexity index is 551. The standard InChI is InChI=1S/C17H23NO/c1-5-8-17(16-10-7-6-9-13(16)2)18-11-14(3)19-15(4)12-18/h5-10,14-15H,2,11-12H2,1,3-4H3/b8-5-,17-16+/t14-,15+. The van der Waals surface area contributed by atoms with E-state index in [-0.39, 0.29) is 12.2 Å². The van der Waals surface area contributed by atoms with Gasteiger partial charge in [-0.25, -0.2) is 0 Å². The fourth-order valence-electron chi connectivity index (χ4n) is 2.67. The van der Waals surface area contributed by atoms with Crippen LogP contribution in [0.25, 0.3) is 12.3 Å². The fourth-order valence-corrected chi connectivity index (χ4v) is 2.67. The Hall–Kier alpha value is -1.54. The molecule has 0 aliphatic carbocycles. The van der Waals surface area contributed by atoms with Gasteiger partial charge in [0.2, 0.25) is 0 Å². The largest absolute Gasteiger partial charge is 0.372 e. The second-order valence-corrected chi connectivity index (χ2v) is 5.20. The van der Waals surface area contributed by atoms with Gasteiger partial charge in [0.05, 0.1) is 12.2 Å². The van der Waals surface area contributed by atoms with Crippen LogP contribution in [0.15, 0.2) is 36.4 Å². The zero-order valence-electron chi connectivity index (χ0n) is 12.1. The van der Waals surface area contributed by atoms with Crippen molar-refractivity contribution in [2.45, 2.75) is 33.0 Å². The SMILES string of the molecule is C=c1cccc/c1=C(/C=C\C)N1C[C@@H](C)O[C@@H](C)C1. The van der Waals surface area contributed by atoms with Gasteiger partial charge < -0.3 is 9.64 Å². The summed E-state index contributed by atoms with van der Waals surface area (Å²) in [5.74, 6) is 0. The number of hydrogen-bond donors (Lipinski definition) is 0. The minimum Gasteiger partial charge on any atom is -0.372 e. The Balaban J connectivity index is 2.50. The molecular formula is C17H23NO. The normalized spacial score (nSPS) is 25.7. The van der Waals surface area contributed by atoms with Gasteiger partial charge in [0.1, 0.15) is 0 Å². The summed E-state index contributed by atoms with van der Waals surface area (Å²) in [5, 5.41) is 2.28. The third-order valence-electron chi connectivity index (χ3n) is 3.38. The van der Waals surface area contributed by atoms with Gasteiger partial charge in [0.25, 0.3) is 0 Å². The molecule has 0 radical (unpaired) electrons. The summed E-state index contributed by atoms with van der Waals surface area (Å²) in [5.41, 5.74) is 1.25. The lowest BCUT2D eigenvalue weighted by atomic mass is 10.1. The van der Waals surface area contributed by atoms with Crippen LogP contribution in [0.3, 0.4) is 0 Å². The highest BCUT2D eigenvalue weighted by atomic mass is 16.5. The van der Waals surface area contributed by atoms with Gasteiger partial charge in [0.15, 0.2) is 0 Å². The Labute approximate surface area is 115 Å². The molecule has 1 fully saturated rings. The Morgan fingerprint density at radius 1 is 1.26 bits per heavy atom. The molecule has 1 aliphatic rings. The van der Waals surface area contributed by atoms with Crippen LogP contribution in [0, 0.1) is 0 Å². The van der Waals surface area contributed by atoms with Crippen molar-refractivity contribution in [3.8, 4) is 0 Å². The molecule has 2 rings (SSSR count). The molecule has 0 saturated carbocycles. The van der Waals surface area contributed by atoms with Crippen molar-refractivity contribution in [2.75, 3.05) is 13.1 Å². The van der Waals surface area contributed by atoms with Crippen LogP contribution in [0.2, 0.25) is 0 Å². The van der Waals surface area contributed by atoms with Crippen molar-refractivity contribution >= 4 is 12.3 Å². The van der Waals surface area contributed by atoms with E-state index in [4.69, 9.17) is 4.74 Å². The molecule has 0 unspecified atom stereocenters. The Kier molecular flexibility index (Phi) is 4.43. The first kappa shape index (κ1) is 13.9. The molecule has 1 aromatic rings. The Morgan fingerprint density at radius 2 is 1.89 bits per heavy atom. The first-order valence-electron chi connectivity index (χ1n) is 6.93. The number of nitrogens with zero attached hydrogens (tertiary/aromatic N) is 1. The molecule has 0 spiro atoms.